The highest BCUT2D eigenvalue weighted by Crippen LogP contribution is 2.28. The van der Waals surface area contributed by atoms with Gasteiger partial charge in [0.15, 0.2) is 0 Å². The molecular weight excluding hydrogens is 294 g/mol. The van der Waals surface area contributed by atoms with Gasteiger partial charge < -0.3 is 5.73 Å². The first-order chi connectivity index (χ1) is 8.84. The molecule has 2 rings (SSSR count). The summed E-state index contributed by atoms with van der Waals surface area (Å²) in [5, 5.41) is 0. The Morgan fingerprint density at radius 2 is 2.11 bits per heavy atom. The van der Waals surface area contributed by atoms with E-state index >= 15 is 0 Å². The fourth-order valence-corrected chi connectivity index (χ4v) is 4.18. The molecule has 1 unspecified atom stereocenters. The van der Waals surface area contributed by atoms with Crippen molar-refractivity contribution in [2.75, 3.05) is 6.54 Å². The number of halogens is 2. The molecule has 0 spiro atoms. The summed E-state index contributed by atoms with van der Waals surface area (Å²) >= 11 is 4.81. The van der Waals surface area contributed by atoms with Gasteiger partial charge in [0.25, 0.3) is 0 Å². The van der Waals surface area contributed by atoms with Gasteiger partial charge in [0.05, 0.1) is 11.0 Å². The molecule has 2 N–H and O–H groups in total. The lowest BCUT2D eigenvalue weighted by atomic mass is 10.2. The largest absolute Gasteiger partial charge is 0.392 e. The summed E-state index contributed by atoms with van der Waals surface area (Å²) in [6.45, 7) is 0.195. The first-order valence-electron chi connectivity index (χ1n) is 5.60. The quantitative estimate of drug-likeness (QED) is 0.858. The van der Waals surface area contributed by atoms with Crippen molar-refractivity contribution in [1.82, 2.24) is 4.31 Å². The fourth-order valence-electron chi connectivity index (χ4n) is 2.11. The highest BCUT2D eigenvalue weighted by Gasteiger charge is 2.38. The fraction of sp³-hybridized carbons (Fsp3) is 0.364. The molecule has 1 saturated heterocycles. The predicted octanol–water partition coefficient (Wildman–Crippen LogP) is 1.40. The van der Waals surface area contributed by atoms with E-state index in [1.807, 2.05) is 0 Å². The van der Waals surface area contributed by atoms with Gasteiger partial charge in [-0.15, -0.1) is 0 Å². The van der Waals surface area contributed by atoms with Gasteiger partial charge in [-0.2, -0.15) is 4.31 Å². The van der Waals surface area contributed by atoms with E-state index in [9.17, 15) is 17.2 Å². The normalized spacial score (nSPS) is 20.6. The Hall–Kier alpha value is -1.12. The van der Waals surface area contributed by atoms with Crippen molar-refractivity contribution < 1.29 is 17.2 Å². The number of thiocarbonyl (C=S) groups is 1. The molecule has 0 saturated carbocycles. The van der Waals surface area contributed by atoms with Crippen LogP contribution in [0.1, 0.15) is 12.8 Å². The molecule has 0 amide bonds. The molecule has 1 fully saturated rings. The molecule has 8 heteroatoms. The SMILES string of the molecule is NC(=S)C1CCCN1S(=O)(=O)c1cc(F)ccc1F. The van der Waals surface area contributed by atoms with Crippen LogP contribution in [0.2, 0.25) is 0 Å². The number of hydrogen-bond donors (Lipinski definition) is 1. The van der Waals surface area contributed by atoms with Crippen LogP contribution < -0.4 is 5.73 Å². The van der Waals surface area contributed by atoms with Gasteiger partial charge in [-0.05, 0) is 31.0 Å². The summed E-state index contributed by atoms with van der Waals surface area (Å²) in [5.74, 6) is -1.80. The molecule has 1 aromatic carbocycles. The van der Waals surface area contributed by atoms with Gasteiger partial charge in [0.1, 0.15) is 16.5 Å². The molecular formula is C11H12F2N2O2S2. The van der Waals surface area contributed by atoms with Crippen LogP contribution in [0.3, 0.4) is 0 Å². The third-order valence-electron chi connectivity index (χ3n) is 3.01. The van der Waals surface area contributed by atoms with Crippen LogP contribution >= 0.6 is 12.2 Å². The van der Waals surface area contributed by atoms with Gasteiger partial charge in [0.2, 0.25) is 10.0 Å². The Kier molecular flexibility index (Phi) is 3.84. The monoisotopic (exact) mass is 306 g/mol. The van der Waals surface area contributed by atoms with Gasteiger partial charge in [-0.3, -0.25) is 0 Å². The summed E-state index contributed by atoms with van der Waals surface area (Å²) in [6, 6.07) is 1.68. The molecule has 1 heterocycles. The molecule has 4 nitrogen and oxygen atoms in total. The Labute approximate surface area is 115 Å². The number of rotatable bonds is 3. The molecule has 0 aliphatic carbocycles. The lowest BCUT2D eigenvalue weighted by molar-refractivity contribution is 0.439. The highest BCUT2D eigenvalue weighted by molar-refractivity contribution is 7.89. The first kappa shape index (κ1) is 14.3. The van der Waals surface area contributed by atoms with Gasteiger partial charge in [-0.1, -0.05) is 12.2 Å². The minimum atomic E-state index is -4.14. The second-order valence-electron chi connectivity index (χ2n) is 4.25. The van der Waals surface area contributed by atoms with Crippen molar-refractivity contribution in [2.24, 2.45) is 5.73 Å². The maximum atomic E-state index is 13.6. The maximum Gasteiger partial charge on any atom is 0.246 e. The molecule has 0 aromatic heterocycles. The summed E-state index contributed by atoms with van der Waals surface area (Å²) in [6.07, 6.45) is 1.07. The number of sulfonamides is 1. The zero-order chi connectivity index (χ0) is 14.2. The average Bonchev–Trinajstić information content (AvgIpc) is 2.82. The van der Waals surface area contributed by atoms with E-state index in [1.165, 1.54) is 0 Å². The van der Waals surface area contributed by atoms with Crippen molar-refractivity contribution in [3.05, 3.63) is 29.8 Å². The third-order valence-corrected chi connectivity index (χ3v) is 5.21. The van der Waals surface area contributed by atoms with E-state index in [-0.39, 0.29) is 11.5 Å². The summed E-state index contributed by atoms with van der Waals surface area (Å²) in [7, 11) is -4.14. The summed E-state index contributed by atoms with van der Waals surface area (Å²) in [4.78, 5) is -0.645. The van der Waals surface area contributed by atoms with Gasteiger partial charge >= 0.3 is 0 Å². The zero-order valence-electron chi connectivity index (χ0n) is 9.84. The predicted molar refractivity (Wildman–Crippen MR) is 70.1 cm³/mol. The smallest absolute Gasteiger partial charge is 0.246 e. The molecule has 104 valence electrons. The highest BCUT2D eigenvalue weighted by atomic mass is 32.2. The van der Waals surface area contributed by atoms with Crippen LogP contribution in [-0.2, 0) is 10.0 Å². The third kappa shape index (κ3) is 2.60. The number of nitrogens with two attached hydrogens (primary N) is 1. The molecule has 0 bridgehead atoms. The molecule has 0 radical (unpaired) electrons. The maximum absolute atomic E-state index is 13.6. The van der Waals surface area contributed by atoms with Crippen LogP contribution in [-0.4, -0.2) is 30.3 Å². The summed E-state index contributed by atoms with van der Waals surface area (Å²) in [5.41, 5.74) is 5.49. The van der Waals surface area contributed by atoms with Crippen LogP contribution in [0.15, 0.2) is 23.1 Å². The number of benzene rings is 1. The van der Waals surface area contributed by atoms with E-state index in [1.54, 1.807) is 0 Å². The average molecular weight is 306 g/mol. The second kappa shape index (κ2) is 5.10. The lowest BCUT2D eigenvalue weighted by Gasteiger charge is -2.23. The number of hydrogen-bond acceptors (Lipinski definition) is 3. The summed E-state index contributed by atoms with van der Waals surface area (Å²) < 4.78 is 52.4. The zero-order valence-corrected chi connectivity index (χ0v) is 11.5. The Balaban J connectivity index is 2.48. The van der Waals surface area contributed by atoms with Crippen LogP contribution in [0.4, 0.5) is 8.78 Å². The minimum Gasteiger partial charge on any atom is -0.392 e. The molecule has 19 heavy (non-hydrogen) atoms. The van der Waals surface area contributed by atoms with E-state index in [2.05, 4.69) is 0 Å². The molecule has 1 aliphatic heterocycles. The van der Waals surface area contributed by atoms with E-state index in [0.717, 1.165) is 16.4 Å². The second-order valence-corrected chi connectivity index (χ2v) is 6.58. The van der Waals surface area contributed by atoms with Crippen molar-refractivity contribution in [3.63, 3.8) is 0 Å². The van der Waals surface area contributed by atoms with Gasteiger partial charge in [0, 0.05) is 6.54 Å². The van der Waals surface area contributed by atoms with Gasteiger partial charge in [-0.25, -0.2) is 17.2 Å². The van der Waals surface area contributed by atoms with E-state index in [0.29, 0.717) is 18.9 Å². The topological polar surface area (TPSA) is 63.4 Å². The lowest BCUT2D eigenvalue weighted by Crippen LogP contribution is -2.43. The minimum absolute atomic E-state index is 0.0397. The number of nitrogens with zero attached hydrogens (tertiary/aromatic N) is 1. The Morgan fingerprint density at radius 1 is 1.42 bits per heavy atom. The standard InChI is InChI=1S/C11H12F2N2O2S2/c12-7-3-4-8(13)10(6-7)19(16,17)15-5-1-2-9(15)11(14)18/h3-4,6,9H,1-2,5H2,(H2,14,18). The molecule has 1 aliphatic rings. The van der Waals surface area contributed by atoms with Crippen molar-refractivity contribution >= 4 is 27.2 Å². The van der Waals surface area contributed by atoms with Crippen LogP contribution in [0.5, 0.6) is 0 Å². The van der Waals surface area contributed by atoms with Crippen molar-refractivity contribution in [2.45, 2.75) is 23.8 Å². The van der Waals surface area contributed by atoms with E-state index in [4.69, 9.17) is 18.0 Å². The Bertz CT molecular complexity index is 619. The van der Waals surface area contributed by atoms with Crippen LogP contribution in [0, 0.1) is 11.6 Å². The molecule has 1 atom stereocenters. The van der Waals surface area contributed by atoms with Crippen LogP contribution in [0.25, 0.3) is 0 Å². The van der Waals surface area contributed by atoms with Crippen molar-refractivity contribution in [1.29, 1.82) is 0 Å². The molecule has 1 aromatic rings. The van der Waals surface area contributed by atoms with Crippen molar-refractivity contribution in [3.8, 4) is 0 Å². The van der Waals surface area contributed by atoms with E-state index < -0.39 is 32.6 Å². The first-order valence-corrected chi connectivity index (χ1v) is 7.45. The Morgan fingerprint density at radius 3 is 2.74 bits per heavy atom.